The van der Waals surface area contributed by atoms with Gasteiger partial charge in [-0.1, -0.05) is 11.3 Å². The summed E-state index contributed by atoms with van der Waals surface area (Å²) in [4.78, 5) is 8.27. The van der Waals surface area contributed by atoms with E-state index in [1.807, 2.05) is 0 Å². The third kappa shape index (κ3) is 2.22. The number of thiazole rings is 1. The summed E-state index contributed by atoms with van der Waals surface area (Å²) < 4.78 is 1.25. The highest BCUT2D eigenvalue weighted by atomic mass is 32.2. The van der Waals surface area contributed by atoms with E-state index >= 15 is 0 Å². The number of hydrogen-bond acceptors (Lipinski definition) is 5. The minimum absolute atomic E-state index is 0.290. The zero-order valence-electron chi connectivity index (χ0n) is 10.3. The van der Waals surface area contributed by atoms with E-state index in [2.05, 4.69) is 29.4 Å². The Bertz CT molecular complexity index is 555. The molecular weight excluding hydrogens is 264 g/mol. The maximum atomic E-state index is 9.19. The first-order valence-electron chi connectivity index (χ1n) is 6.10. The first-order valence-corrected chi connectivity index (χ1v) is 8.14. The quantitative estimate of drug-likeness (QED) is 0.877. The number of aromatic nitrogens is 1. The van der Waals surface area contributed by atoms with Gasteiger partial charge in [0.05, 0.1) is 10.2 Å². The number of thioether (sulfide) groups is 1. The van der Waals surface area contributed by atoms with E-state index in [-0.39, 0.29) is 6.61 Å². The van der Waals surface area contributed by atoms with Crippen molar-refractivity contribution in [3.8, 4) is 0 Å². The van der Waals surface area contributed by atoms with Crippen molar-refractivity contribution in [1.29, 1.82) is 0 Å². The van der Waals surface area contributed by atoms with Crippen LogP contribution in [0, 0.1) is 5.92 Å². The van der Waals surface area contributed by atoms with Crippen LogP contribution in [0.4, 0.5) is 5.13 Å². The van der Waals surface area contributed by atoms with Crippen molar-refractivity contribution >= 4 is 38.4 Å². The van der Waals surface area contributed by atoms with Gasteiger partial charge in [0.1, 0.15) is 0 Å². The van der Waals surface area contributed by atoms with Gasteiger partial charge < -0.3 is 10.0 Å². The average molecular weight is 280 g/mol. The van der Waals surface area contributed by atoms with Crippen LogP contribution in [-0.2, 0) is 0 Å². The van der Waals surface area contributed by atoms with Gasteiger partial charge in [-0.25, -0.2) is 4.98 Å². The first kappa shape index (κ1) is 12.3. The summed E-state index contributed by atoms with van der Waals surface area (Å²) in [6.45, 7) is 2.24. The lowest BCUT2D eigenvalue weighted by molar-refractivity contribution is 0.238. The number of fused-ring (bicyclic) bond motifs is 1. The molecule has 0 aliphatic carbocycles. The van der Waals surface area contributed by atoms with Crippen molar-refractivity contribution < 1.29 is 5.11 Å². The van der Waals surface area contributed by atoms with Gasteiger partial charge in [-0.15, -0.1) is 11.8 Å². The molecular formula is C13H16N2OS2. The molecule has 0 bridgehead atoms. The summed E-state index contributed by atoms with van der Waals surface area (Å²) in [5, 5.41) is 10.3. The molecule has 1 fully saturated rings. The summed E-state index contributed by atoms with van der Waals surface area (Å²) in [5.41, 5.74) is 1.08. The fraction of sp³-hybridized carbons (Fsp3) is 0.462. The Morgan fingerprint density at radius 2 is 2.44 bits per heavy atom. The highest BCUT2D eigenvalue weighted by molar-refractivity contribution is 7.98. The van der Waals surface area contributed by atoms with Crippen molar-refractivity contribution in [2.45, 2.75) is 11.3 Å². The molecule has 1 aliphatic rings. The van der Waals surface area contributed by atoms with Gasteiger partial charge >= 0.3 is 0 Å². The molecule has 0 radical (unpaired) electrons. The van der Waals surface area contributed by atoms with Crippen LogP contribution in [0.1, 0.15) is 6.42 Å². The molecule has 3 nitrogen and oxygen atoms in total. The Morgan fingerprint density at radius 1 is 1.56 bits per heavy atom. The van der Waals surface area contributed by atoms with Gasteiger partial charge in [0.2, 0.25) is 0 Å². The highest BCUT2D eigenvalue weighted by Crippen LogP contribution is 2.33. The molecule has 1 N–H and O–H groups in total. The van der Waals surface area contributed by atoms with Crippen LogP contribution in [0.25, 0.3) is 10.2 Å². The lowest BCUT2D eigenvalue weighted by Crippen LogP contribution is -2.20. The molecule has 2 aromatic rings. The molecule has 96 valence electrons. The van der Waals surface area contributed by atoms with Crippen LogP contribution in [0.3, 0.4) is 0 Å². The van der Waals surface area contributed by atoms with E-state index in [1.54, 1.807) is 23.1 Å². The predicted octanol–water partition coefficient (Wildman–Crippen LogP) is 2.84. The molecule has 1 aliphatic heterocycles. The third-order valence-corrected chi connectivity index (χ3v) is 5.20. The zero-order valence-corrected chi connectivity index (χ0v) is 11.9. The number of aliphatic hydroxyl groups excluding tert-OH is 1. The second kappa shape index (κ2) is 5.07. The molecule has 2 heterocycles. The number of anilines is 1. The Kier molecular flexibility index (Phi) is 3.46. The predicted molar refractivity (Wildman–Crippen MR) is 78.8 cm³/mol. The molecule has 3 rings (SSSR count). The third-order valence-electron chi connectivity index (χ3n) is 3.40. The SMILES string of the molecule is CSc1ccc2nc(N3CCC(CO)C3)sc2c1. The number of benzene rings is 1. The second-order valence-corrected chi connectivity index (χ2v) is 6.50. The van der Waals surface area contributed by atoms with E-state index in [0.29, 0.717) is 5.92 Å². The molecule has 18 heavy (non-hydrogen) atoms. The lowest BCUT2D eigenvalue weighted by Gasteiger charge is -2.13. The lowest BCUT2D eigenvalue weighted by atomic mass is 10.1. The number of aliphatic hydroxyl groups is 1. The van der Waals surface area contributed by atoms with E-state index in [4.69, 9.17) is 4.98 Å². The maximum absolute atomic E-state index is 9.19. The van der Waals surface area contributed by atoms with E-state index in [9.17, 15) is 5.11 Å². The van der Waals surface area contributed by atoms with Crippen LogP contribution in [0.5, 0.6) is 0 Å². The summed E-state index contributed by atoms with van der Waals surface area (Å²) in [5.74, 6) is 0.416. The van der Waals surface area contributed by atoms with Crippen LogP contribution >= 0.6 is 23.1 Å². The van der Waals surface area contributed by atoms with Crippen LogP contribution < -0.4 is 4.90 Å². The molecule has 0 saturated carbocycles. The molecule has 0 spiro atoms. The number of hydrogen-bond donors (Lipinski definition) is 1. The van der Waals surface area contributed by atoms with E-state index in [0.717, 1.165) is 30.2 Å². The van der Waals surface area contributed by atoms with Gasteiger partial charge in [0, 0.05) is 30.5 Å². The smallest absolute Gasteiger partial charge is 0.186 e. The Labute approximate surface area is 115 Å². The van der Waals surface area contributed by atoms with Crippen LogP contribution in [0.2, 0.25) is 0 Å². The van der Waals surface area contributed by atoms with Crippen molar-refractivity contribution in [1.82, 2.24) is 4.98 Å². The van der Waals surface area contributed by atoms with Crippen molar-refractivity contribution in [2.24, 2.45) is 5.92 Å². The van der Waals surface area contributed by atoms with Crippen LogP contribution in [0.15, 0.2) is 23.1 Å². The van der Waals surface area contributed by atoms with Gasteiger partial charge in [-0.3, -0.25) is 0 Å². The van der Waals surface area contributed by atoms with Gasteiger partial charge in [0.25, 0.3) is 0 Å². The molecule has 1 atom stereocenters. The van der Waals surface area contributed by atoms with Crippen molar-refractivity contribution in [3.63, 3.8) is 0 Å². The summed E-state index contributed by atoms with van der Waals surface area (Å²) in [6.07, 6.45) is 3.16. The second-order valence-electron chi connectivity index (χ2n) is 4.61. The molecule has 5 heteroatoms. The van der Waals surface area contributed by atoms with E-state index < -0.39 is 0 Å². The van der Waals surface area contributed by atoms with Gasteiger partial charge in [0.15, 0.2) is 5.13 Å². The highest BCUT2D eigenvalue weighted by Gasteiger charge is 2.24. The normalized spacial score (nSPS) is 19.9. The molecule has 1 saturated heterocycles. The summed E-state index contributed by atoms with van der Waals surface area (Å²) in [7, 11) is 0. The van der Waals surface area contributed by atoms with E-state index in [1.165, 1.54) is 9.60 Å². The fourth-order valence-corrected chi connectivity index (χ4v) is 3.86. The molecule has 1 unspecified atom stereocenters. The average Bonchev–Trinajstić information content (AvgIpc) is 3.03. The molecule has 1 aromatic carbocycles. The monoisotopic (exact) mass is 280 g/mol. The van der Waals surface area contributed by atoms with Crippen molar-refractivity contribution in [3.05, 3.63) is 18.2 Å². The standard InChI is InChI=1S/C13H16N2OS2/c1-17-10-2-3-11-12(6-10)18-13(14-11)15-5-4-9(7-15)8-16/h2-3,6,9,16H,4-5,7-8H2,1H3. The zero-order chi connectivity index (χ0) is 12.5. The maximum Gasteiger partial charge on any atom is 0.186 e. The number of rotatable bonds is 3. The van der Waals surface area contributed by atoms with Crippen molar-refractivity contribution in [2.75, 3.05) is 30.9 Å². The fourth-order valence-electron chi connectivity index (χ4n) is 2.31. The summed E-state index contributed by atoms with van der Waals surface area (Å²) >= 11 is 3.52. The number of nitrogens with zero attached hydrogens (tertiary/aromatic N) is 2. The minimum Gasteiger partial charge on any atom is -0.396 e. The Morgan fingerprint density at radius 3 is 3.17 bits per heavy atom. The molecule has 0 amide bonds. The largest absolute Gasteiger partial charge is 0.396 e. The Hall–Kier alpha value is -0.780. The first-order chi connectivity index (χ1) is 8.80. The van der Waals surface area contributed by atoms with Crippen LogP contribution in [-0.4, -0.2) is 36.0 Å². The van der Waals surface area contributed by atoms with Gasteiger partial charge in [-0.2, -0.15) is 0 Å². The Balaban J connectivity index is 1.89. The topological polar surface area (TPSA) is 36.4 Å². The minimum atomic E-state index is 0.290. The molecule has 1 aromatic heterocycles. The van der Waals surface area contributed by atoms with Gasteiger partial charge in [-0.05, 0) is 30.9 Å². The summed E-state index contributed by atoms with van der Waals surface area (Å²) in [6, 6.07) is 6.43.